The number of hydrogen-bond donors (Lipinski definition) is 1. The van der Waals surface area contributed by atoms with Crippen molar-refractivity contribution in [2.75, 3.05) is 5.32 Å². The minimum Gasteiger partial charge on any atom is -0.305 e. The molecule has 1 amide bonds. The molecule has 1 heterocycles. The van der Waals surface area contributed by atoms with Crippen molar-refractivity contribution in [2.45, 2.75) is 0 Å². The van der Waals surface area contributed by atoms with Crippen LogP contribution in [0, 0.1) is 0 Å². The Morgan fingerprint density at radius 1 is 1.22 bits per heavy atom. The highest BCUT2D eigenvalue weighted by atomic mass is 79.9. The molecule has 0 spiro atoms. The fourth-order valence-corrected chi connectivity index (χ4v) is 2.02. The summed E-state index contributed by atoms with van der Waals surface area (Å²) in [5.41, 5.74) is 0.371. The van der Waals surface area contributed by atoms with Crippen molar-refractivity contribution in [3.8, 4) is 0 Å². The second-order valence-corrected chi connectivity index (χ2v) is 5.32. The highest BCUT2D eigenvalue weighted by molar-refractivity contribution is 9.10. The number of halogens is 3. The van der Waals surface area contributed by atoms with Crippen LogP contribution in [0.25, 0.3) is 0 Å². The smallest absolute Gasteiger partial charge is 0.258 e. The summed E-state index contributed by atoms with van der Waals surface area (Å²) < 4.78 is 1.26. The molecule has 1 aromatic carbocycles. The van der Waals surface area contributed by atoms with Gasteiger partial charge in [0.2, 0.25) is 0 Å². The van der Waals surface area contributed by atoms with Gasteiger partial charge in [-0.25, -0.2) is 9.97 Å². The van der Waals surface area contributed by atoms with E-state index in [2.05, 4.69) is 47.1 Å². The average molecular weight is 391 g/mol. The number of hydrogen-bond acceptors (Lipinski definition) is 3. The van der Waals surface area contributed by atoms with Crippen molar-refractivity contribution in [1.29, 1.82) is 0 Å². The second kappa shape index (κ2) is 5.77. The first-order valence-electron chi connectivity index (χ1n) is 4.81. The molecule has 2 aromatic rings. The Morgan fingerprint density at radius 2 is 2.00 bits per heavy atom. The second-order valence-electron chi connectivity index (χ2n) is 3.28. The lowest BCUT2D eigenvalue weighted by Crippen LogP contribution is -2.13. The quantitative estimate of drug-likeness (QED) is 0.845. The molecule has 0 atom stereocenters. The van der Waals surface area contributed by atoms with Gasteiger partial charge in [-0.05, 0) is 44.0 Å². The van der Waals surface area contributed by atoms with Gasteiger partial charge in [-0.1, -0.05) is 17.7 Å². The fourth-order valence-electron chi connectivity index (χ4n) is 1.24. The van der Waals surface area contributed by atoms with E-state index in [4.69, 9.17) is 11.6 Å². The molecular weight excluding hydrogens is 385 g/mol. The number of carbonyl (C=O) groups excluding carboxylic acids is 1. The lowest BCUT2D eigenvalue weighted by molar-refractivity contribution is 0.102. The number of carbonyl (C=O) groups is 1. The zero-order valence-corrected chi connectivity index (χ0v) is 12.8. The molecule has 92 valence electrons. The van der Waals surface area contributed by atoms with Crippen LogP contribution < -0.4 is 5.32 Å². The standard InChI is InChI=1S/C11H6Br2ClN3O/c12-7-3-1-2-6(10(7)14)11(18)17-9-5-15-8(13)4-16-9/h1-5H,(H,16,17,18). The van der Waals surface area contributed by atoms with Gasteiger partial charge in [-0.2, -0.15) is 0 Å². The number of nitrogens with zero attached hydrogens (tertiary/aromatic N) is 2. The molecule has 0 bridgehead atoms. The Kier molecular flexibility index (Phi) is 4.31. The maximum Gasteiger partial charge on any atom is 0.258 e. The molecule has 0 saturated carbocycles. The third-order valence-corrected chi connectivity index (χ3v) is 3.76. The monoisotopic (exact) mass is 389 g/mol. The van der Waals surface area contributed by atoms with Gasteiger partial charge in [-0.15, -0.1) is 0 Å². The summed E-state index contributed by atoms with van der Waals surface area (Å²) in [6.07, 6.45) is 2.95. The molecule has 2 rings (SSSR count). The van der Waals surface area contributed by atoms with Crippen molar-refractivity contribution in [3.63, 3.8) is 0 Å². The van der Waals surface area contributed by atoms with Crippen molar-refractivity contribution in [2.24, 2.45) is 0 Å². The van der Waals surface area contributed by atoms with Crippen LogP contribution in [-0.2, 0) is 0 Å². The Labute approximate surface area is 125 Å². The molecule has 0 fully saturated rings. The van der Waals surface area contributed by atoms with Gasteiger partial charge in [0, 0.05) is 4.47 Å². The number of anilines is 1. The van der Waals surface area contributed by atoms with Crippen LogP contribution in [0.4, 0.5) is 5.82 Å². The minimum atomic E-state index is -0.335. The summed E-state index contributed by atoms with van der Waals surface area (Å²) in [7, 11) is 0. The number of amides is 1. The first-order valence-corrected chi connectivity index (χ1v) is 6.77. The predicted molar refractivity (Wildman–Crippen MR) is 76.8 cm³/mol. The normalized spacial score (nSPS) is 10.2. The first-order chi connectivity index (χ1) is 8.58. The van der Waals surface area contributed by atoms with Crippen molar-refractivity contribution >= 4 is 55.2 Å². The molecule has 1 aromatic heterocycles. The molecule has 0 aliphatic rings. The average Bonchev–Trinajstić information content (AvgIpc) is 2.35. The van der Waals surface area contributed by atoms with Crippen LogP contribution in [0.2, 0.25) is 5.02 Å². The molecule has 0 unspecified atom stereocenters. The SMILES string of the molecule is O=C(Nc1cnc(Br)cn1)c1cccc(Br)c1Cl. The first kappa shape index (κ1) is 13.5. The lowest BCUT2D eigenvalue weighted by atomic mass is 10.2. The minimum absolute atomic E-state index is 0.335. The van der Waals surface area contributed by atoms with E-state index in [-0.39, 0.29) is 5.91 Å². The van der Waals surface area contributed by atoms with Crippen LogP contribution in [0.3, 0.4) is 0 Å². The molecule has 4 nitrogen and oxygen atoms in total. The lowest BCUT2D eigenvalue weighted by Gasteiger charge is -2.06. The molecule has 0 saturated heterocycles. The van der Waals surface area contributed by atoms with Crippen molar-refractivity contribution in [3.05, 3.63) is 50.3 Å². The van der Waals surface area contributed by atoms with Crippen LogP contribution >= 0.6 is 43.5 Å². The van der Waals surface area contributed by atoms with Crippen molar-refractivity contribution < 1.29 is 4.79 Å². The summed E-state index contributed by atoms with van der Waals surface area (Å²) >= 11 is 12.5. The summed E-state index contributed by atoms with van der Waals surface area (Å²) in [6.45, 7) is 0. The van der Waals surface area contributed by atoms with Gasteiger partial charge >= 0.3 is 0 Å². The molecule has 7 heteroatoms. The summed E-state index contributed by atoms with van der Waals surface area (Å²) in [4.78, 5) is 19.9. The molecular formula is C11H6Br2ClN3O. The van der Waals surface area contributed by atoms with Gasteiger partial charge in [-0.3, -0.25) is 4.79 Å². The number of aromatic nitrogens is 2. The zero-order chi connectivity index (χ0) is 13.1. The Bertz CT molecular complexity index is 589. The van der Waals surface area contributed by atoms with Crippen LogP contribution in [0.1, 0.15) is 10.4 Å². The van der Waals surface area contributed by atoms with Crippen LogP contribution in [0.15, 0.2) is 39.7 Å². The third kappa shape index (κ3) is 3.07. The topological polar surface area (TPSA) is 54.9 Å². The summed E-state index contributed by atoms with van der Waals surface area (Å²) in [5, 5.41) is 2.98. The summed E-state index contributed by atoms with van der Waals surface area (Å²) in [6, 6.07) is 5.13. The van der Waals surface area contributed by atoms with Gasteiger partial charge in [0.05, 0.1) is 23.0 Å². The van der Waals surface area contributed by atoms with E-state index >= 15 is 0 Å². The van der Waals surface area contributed by atoms with E-state index in [1.54, 1.807) is 18.2 Å². The number of nitrogens with one attached hydrogen (secondary N) is 1. The Hall–Kier alpha value is -0.980. The Balaban J connectivity index is 2.22. The maximum absolute atomic E-state index is 12.0. The van der Waals surface area contributed by atoms with Crippen LogP contribution in [0.5, 0.6) is 0 Å². The maximum atomic E-state index is 12.0. The third-order valence-electron chi connectivity index (χ3n) is 2.06. The Morgan fingerprint density at radius 3 is 2.67 bits per heavy atom. The van der Waals surface area contributed by atoms with Gasteiger partial charge in [0.1, 0.15) is 4.60 Å². The highest BCUT2D eigenvalue weighted by Crippen LogP contribution is 2.26. The molecule has 1 N–H and O–H groups in total. The van der Waals surface area contributed by atoms with E-state index in [0.29, 0.717) is 25.5 Å². The van der Waals surface area contributed by atoms with E-state index in [0.717, 1.165) is 0 Å². The van der Waals surface area contributed by atoms with Crippen molar-refractivity contribution in [1.82, 2.24) is 9.97 Å². The molecule has 18 heavy (non-hydrogen) atoms. The van der Waals surface area contributed by atoms with E-state index in [9.17, 15) is 4.79 Å². The largest absolute Gasteiger partial charge is 0.305 e. The number of benzene rings is 1. The molecule has 0 aliphatic carbocycles. The van der Waals surface area contributed by atoms with E-state index in [1.807, 2.05) is 0 Å². The van der Waals surface area contributed by atoms with Gasteiger partial charge in [0.15, 0.2) is 5.82 Å². The highest BCUT2D eigenvalue weighted by Gasteiger charge is 2.12. The van der Waals surface area contributed by atoms with Gasteiger partial charge < -0.3 is 5.32 Å². The fraction of sp³-hybridized carbons (Fsp3) is 0. The van der Waals surface area contributed by atoms with E-state index in [1.165, 1.54) is 12.4 Å². The predicted octanol–water partition coefficient (Wildman–Crippen LogP) is 3.91. The molecule has 0 radical (unpaired) electrons. The van der Waals surface area contributed by atoms with Crippen LogP contribution in [-0.4, -0.2) is 15.9 Å². The van der Waals surface area contributed by atoms with Gasteiger partial charge in [0.25, 0.3) is 5.91 Å². The number of rotatable bonds is 2. The zero-order valence-electron chi connectivity index (χ0n) is 8.82. The summed E-state index contributed by atoms with van der Waals surface area (Å²) in [5.74, 6) is 0.0252. The molecule has 0 aliphatic heterocycles. The van der Waals surface area contributed by atoms with E-state index < -0.39 is 0 Å².